The van der Waals surface area contributed by atoms with Crippen LogP contribution in [0, 0.1) is 6.07 Å². The van der Waals surface area contributed by atoms with Gasteiger partial charge < -0.3 is 5.32 Å². The molecule has 0 aromatic heterocycles. The molecule has 51 valence electrons. The summed E-state index contributed by atoms with van der Waals surface area (Å²) in [6.07, 6.45) is 1.83. The molecule has 0 unspecified atom stereocenters. The molecule has 1 aromatic rings. The lowest BCUT2D eigenvalue weighted by Gasteiger charge is -1.99. The highest BCUT2D eigenvalue weighted by molar-refractivity contribution is 5.42. The number of rotatable bonds is 3. The molecule has 0 aliphatic rings. The van der Waals surface area contributed by atoms with E-state index in [1.165, 1.54) is 0 Å². The lowest BCUT2D eigenvalue weighted by Crippen LogP contribution is -1.96. The number of benzene rings is 1. The fourth-order valence-corrected chi connectivity index (χ4v) is 0.693. The summed E-state index contributed by atoms with van der Waals surface area (Å²) in [4.78, 5) is 0. The van der Waals surface area contributed by atoms with Crippen LogP contribution in [0.4, 0.5) is 5.69 Å². The van der Waals surface area contributed by atoms with E-state index in [-0.39, 0.29) is 0 Å². The Bertz CT molecular complexity index is 191. The molecule has 0 bridgehead atoms. The van der Waals surface area contributed by atoms with Crippen LogP contribution in [0.2, 0.25) is 0 Å². The summed E-state index contributed by atoms with van der Waals surface area (Å²) in [7, 11) is 0. The Morgan fingerprint density at radius 2 is 2.60 bits per heavy atom. The van der Waals surface area contributed by atoms with Crippen molar-refractivity contribution in [1.29, 1.82) is 0 Å². The van der Waals surface area contributed by atoms with Gasteiger partial charge in [0.1, 0.15) is 0 Å². The van der Waals surface area contributed by atoms with Crippen LogP contribution in [0.1, 0.15) is 0 Å². The highest BCUT2D eigenvalue weighted by atomic mass is 14.8. The summed E-state index contributed by atoms with van der Waals surface area (Å²) in [6, 6.07) is 10.7. The maximum absolute atomic E-state index is 3.60. The van der Waals surface area contributed by atoms with Crippen molar-refractivity contribution in [2.24, 2.45) is 0 Å². The third-order valence-corrected chi connectivity index (χ3v) is 1.16. The van der Waals surface area contributed by atoms with E-state index >= 15 is 0 Å². The van der Waals surface area contributed by atoms with Crippen LogP contribution in [0.15, 0.2) is 36.9 Å². The van der Waals surface area contributed by atoms with Crippen LogP contribution in [-0.2, 0) is 0 Å². The normalized spacial score (nSPS) is 8.80. The third-order valence-electron chi connectivity index (χ3n) is 1.16. The molecule has 0 saturated carbocycles. The Labute approximate surface area is 61.4 Å². The van der Waals surface area contributed by atoms with Crippen LogP contribution < -0.4 is 5.32 Å². The molecule has 0 saturated heterocycles. The predicted octanol–water partition coefficient (Wildman–Crippen LogP) is 2.08. The van der Waals surface area contributed by atoms with Crippen molar-refractivity contribution in [3.8, 4) is 0 Å². The molecule has 0 spiro atoms. The van der Waals surface area contributed by atoms with Crippen LogP contribution in [0.5, 0.6) is 0 Å². The second-order valence-electron chi connectivity index (χ2n) is 1.96. The van der Waals surface area contributed by atoms with Crippen molar-refractivity contribution in [2.75, 3.05) is 11.9 Å². The molecule has 1 radical (unpaired) electrons. The van der Waals surface area contributed by atoms with Gasteiger partial charge in [0.15, 0.2) is 0 Å². The van der Waals surface area contributed by atoms with E-state index in [0.717, 1.165) is 12.2 Å². The Kier molecular flexibility index (Phi) is 2.56. The highest BCUT2D eigenvalue weighted by Crippen LogP contribution is 2.02. The third kappa shape index (κ3) is 1.94. The van der Waals surface area contributed by atoms with Gasteiger partial charge in [-0.25, -0.2) is 0 Å². The van der Waals surface area contributed by atoms with E-state index in [2.05, 4.69) is 18.0 Å². The standard InChI is InChI=1S/C9H10N/c1-2-8-10-9-6-4-3-5-7-9/h2-4,6-7,10H,1,8H2. The Balaban J connectivity index is 2.50. The molecular weight excluding hydrogens is 122 g/mol. The molecule has 0 heterocycles. The van der Waals surface area contributed by atoms with Crippen molar-refractivity contribution in [3.63, 3.8) is 0 Å². The topological polar surface area (TPSA) is 12.0 Å². The van der Waals surface area contributed by atoms with Gasteiger partial charge in [-0.15, -0.1) is 6.58 Å². The molecule has 0 aliphatic heterocycles. The van der Waals surface area contributed by atoms with Crippen LogP contribution in [-0.4, -0.2) is 6.54 Å². The summed E-state index contributed by atoms with van der Waals surface area (Å²) in [5.74, 6) is 0. The summed E-state index contributed by atoms with van der Waals surface area (Å²) in [5.41, 5.74) is 1.09. The van der Waals surface area contributed by atoms with Gasteiger partial charge in [-0.2, -0.15) is 0 Å². The smallest absolute Gasteiger partial charge is 0.0348 e. The van der Waals surface area contributed by atoms with Gasteiger partial charge in [-0.3, -0.25) is 0 Å². The highest BCUT2D eigenvalue weighted by Gasteiger charge is 1.83. The minimum atomic E-state index is 0.803. The zero-order valence-electron chi connectivity index (χ0n) is 5.80. The maximum Gasteiger partial charge on any atom is 0.0348 e. The SMILES string of the molecule is C=CCNc1c[c]ccc1. The Morgan fingerprint density at radius 1 is 1.70 bits per heavy atom. The molecular formula is C9H10N. The summed E-state index contributed by atoms with van der Waals surface area (Å²) in [6.45, 7) is 4.41. The zero-order valence-corrected chi connectivity index (χ0v) is 5.80. The molecule has 10 heavy (non-hydrogen) atoms. The first-order chi connectivity index (χ1) is 4.93. The van der Waals surface area contributed by atoms with E-state index in [0.29, 0.717) is 0 Å². The van der Waals surface area contributed by atoms with E-state index < -0.39 is 0 Å². The van der Waals surface area contributed by atoms with Crippen molar-refractivity contribution in [1.82, 2.24) is 0 Å². The first-order valence-corrected chi connectivity index (χ1v) is 3.24. The van der Waals surface area contributed by atoms with Gasteiger partial charge >= 0.3 is 0 Å². The minimum Gasteiger partial charge on any atom is -0.382 e. The number of anilines is 1. The molecule has 0 aliphatic carbocycles. The average Bonchev–Trinajstić information content (AvgIpc) is 2.03. The lowest BCUT2D eigenvalue weighted by molar-refractivity contribution is 1.34. The molecule has 1 nitrogen and oxygen atoms in total. The van der Waals surface area contributed by atoms with Crippen molar-refractivity contribution < 1.29 is 0 Å². The van der Waals surface area contributed by atoms with E-state index in [9.17, 15) is 0 Å². The van der Waals surface area contributed by atoms with Gasteiger partial charge in [0.25, 0.3) is 0 Å². The number of hydrogen-bond donors (Lipinski definition) is 1. The first-order valence-electron chi connectivity index (χ1n) is 3.24. The van der Waals surface area contributed by atoms with Crippen molar-refractivity contribution in [2.45, 2.75) is 0 Å². The van der Waals surface area contributed by atoms with Crippen molar-refractivity contribution in [3.05, 3.63) is 43.0 Å². The molecule has 0 amide bonds. The Morgan fingerprint density at radius 3 is 3.20 bits per heavy atom. The molecule has 1 N–H and O–H groups in total. The molecule has 1 heteroatoms. The summed E-state index contributed by atoms with van der Waals surface area (Å²) < 4.78 is 0. The fraction of sp³-hybridized carbons (Fsp3) is 0.111. The number of nitrogens with one attached hydrogen (secondary N) is 1. The minimum absolute atomic E-state index is 0.803. The second kappa shape index (κ2) is 3.72. The first kappa shape index (κ1) is 6.87. The molecule has 0 fully saturated rings. The van der Waals surface area contributed by atoms with Gasteiger partial charge in [0.05, 0.1) is 0 Å². The van der Waals surface area contributed by atoms with Gasteiger partial charge in [0, 0.05) is 12.2 Å². The van der Waals surface area contributed by atoms with Crippen LogP contribution in [0.3, 0.4) is 0 Å². The van der Waals surface area contributed by atoms with Gasteiger partial charge in [-0.1, -0.05) is 18.2 Å². The zero-order chi connectivity index (χ0) is 7.23. The second-order valence-corrected chi connectivity index (χ2v) is 1.96. The van der Waals surface area contributed by atoms with Crippen LogP contribution in [0.25, 0.3) is 0 Å². The van der Waals surface area contributed by atoms with E-state index in [4.69, 9.17) is 0 Å². The van der Waals surface area contributed by atoms with Gasteiger partial charge in [0.2, 0.25) is 0 Å². The molecule has 1 rings (SSSR count). The van der Waals surface area contributed by atoms with E-state index in [1.807, 2.05) is 30.3 Å². The number of hydrogen-bond acceptors (Lipinski definition) is 1. The van der Waals surface area contributed by atoms with Crippen molar-refractivity contribution >= 4 is 5.69 Å². The Hall–Kier alpha value is -1.24. The largest absolute Gasteiger partial charge is 0.382 e. The fourth-order valence-electron chi connectivity index (χ4n) is 0.693. The molecule has 1 aromatic carbocycles. The van der Waals surface area contributed by atoms with Gasteiger partial charge in [-0.05, 0) is 18.2 Å². The quantitative estimate of drug-likeness (QED) is 0.621. The monoisotopic (exact) mass is 132 g/mol. The average molecular weight is 132 g/mol. The summed E-state index contributed by atoms with van der Waals surface area (Å²) in [5, 5.41) is 3.14. The summed E-state index contributed by atoms with van der Waals surface area (Å²) >= 11 is 0. The predicted molar refractivity (Wildman–Crippen MR) is 44.0 cm³/mol. The maximum atomic E-state index is 3.60. The lowest BCUT2D eigenvalue weighted by atomic mass is 10.3. The molecule has 0 atom stereocenters. The van der Waals surface area contributed by atoms with Crippen LogP contribution >= 0.6 is 0 Å². The van der Waals surface area contributed by atoms with E-state index in [1.54, 1.807) is 0 Å².